The number of halogens is 1. The van der Waals surface area contributed by atoms with Crippen molar-refractivity contribution < 1.29 is 13.9 Å². The van der Waals surface area contributed by atoms with Gasteiger partial charge in [0.05, 0.1) is 12.3 Å². The predicted octanol–water partition coefficient (Wildman–Crippen LogP) is 1.29. The molecule has 0 aliphatic carbocycles. The Labute approximate surface area is 75.1 Å². The molecule has 13 heavy (non-hydrogen) atoms. The number of nitrogens with zero attached hydrogens (tertiary/aromatic N) is 1. The maximum Gasteiger partial charge on any atom is 0.361 e. The number of carbonyl (C=O) groups is 1. The minimum Gasteiger partial charge on any atom is -0.461 e. The van der Waals surface area contributed by atoms with Crippen molar-refractivity contribution in [1.29, 1.82) is 0 Å². The number of nitrogens with one attached hydrogen (secondary N) is 1. The summed E-state index contributed by atoms with van der Waals surface area (Å²) in [5.74, 6) is -1.34. The molecule has 0 fully saturated rings. The molecule has 1 rings (SSSR count). The van der Waals surface area contributed by atoms with Gasteiger partial charge in [0.15, 0.2) is 5.82 Å². The van der Waals surface area contributed by atoms with Crippen LogP contribution in [0.5, 0.6) is 0 Å². The fraction of sp³-hybridized carbons (Fsp3) is 0.500. The molecule has 0 spiro atoms. The first-order valence-electron chi connectivity index (χ1n) is 4.10. The second-order valence-corrected chi connectivity index (χ2v) is 2.44. The highest BCUT2D eigenvalue weighted by molar-refractivity contribution is 5.87. The molecule has 0 aliphatic heterocycles. The maximum atomic E-state index is 13.2. The molecule has 0 radical (unpaired) electrons. The number of hydrogen-bond acceptors (Lipinski definition) is 3. The zero-order chi connectivity index (χ0) is 9.84. The van der Waals surface area contributed by atoms with E-state index < -0.39 is 11.8 Å². The van der Waals surface area contributed by atoms with Crippen LogP contribution in [0.1, 0.15) is 30.0 Å². The quantitative estimate of drug-likeness (QED) is 0.723. The van der Waals surface area contributed by atoms with Crippen molar-refractivity contribution in [2.75, 3.05) is 6.61 Å². The van der Waals surface area contributed by atoms with Crippen LogP contribution < -0.4 is 0 Å². The maximum absolute atomic E-state index is 13.2. The number of aryl methyl sites for hydroxylation is 1. The molecule has 0 amide bonds. The van der Waals surface area contributed by atoms with Gasteiger partial charge in [0.2, 0.25) is 5.69 Å². The Bertz CT molecular complexity index is 309. The van der Waals surface area contributed by atoms with Gasteiger partial charge in [-0.1, -0.05) is 6.92 Å². The van der Waals surface area contributed by atoms with Gasteiger partial charge < -0.3 is 4.74 Å². The second-order valence-electron chi connectivity index (χ2n) is 2.44. The first-order chi connectivity index (χ1) is 6.20. The summed E-state index contributed by atoms with van der Waals surface area (Å²) in [6.07, 6.45) is 0.470. The first kappa shape index (κ1) is 9.70. The molecule has 5 heteroatoms. The summed E-state index contributed by atoms with van der Waals surface area (Å²) in [7, 11) is 0. The van der Waals surface area contributed by atoms with Crippen LogP contribution in [0.4, 0.5) is 4.39 Å². The van der Waals surface area contributed by atoms with E-state index in [-0.39, 0.29) is 12.3 Å². The normalized spacial score (nSPS) is 10.1. The fourth-order valence-corrected chi connectivity index (χ4v) is 0.933. The minimum absolute atomic E-state index is 0.215. The van der Waals surface area contributed by atoms with Crippen LogP contribution in [0.15, 0.2) is 0 Å². The molecule has 0 aromatic carbocycles. The lowest BCUT2D eigenvalue weighted by molar-refractivity contribution is 0.0514. The average Bonchev–Trinajstić information content (AvgIpc) is 2.47. The molecule has 0 saturated carbocycles. The lowest BCUT2D eigenvalue weighted by atomic mass is 10.3. The smallest absolute Gasteiger partial charge is 0.361 e. The van der Waals surface area contributed by atoms with Gasteiger partial charge in [0.25, 0.3) is 0 Å². The van der Waals surface area contributed by atoms with Gasteiger partial charge in [-0.3, -0.25) is 5.10 Å². The Kier molecular flexibility index (Phi) is 3.00. The van der Waals surface area contributed by atoms with Gasteiger partial charge >= 0.3 is 5.97 Å². The summed E-state index contributed by atoms with van der Waals surface area (Å²) in [6.45, 7) is 3.64. The summed E-state index contributed by atoms with van der Waals surface area (Å²) in [6, 6.07) is 0. The number of ether oxygens (including phenoxy) is 1. The summed E-state index contributed by atoms with van der Waals surface area (Å²) < 4.78 is 17.8. The Morgan fingerprint density at radius 1 is 1.62 bits per heavy atom. The number of esters is 1. The Hall–Kier alpha value is -1.39. The molecule has 0 bridgehead atoms. The molecular weight excluding hydrogens is 175 g/mol. The van der Waals surface area contributed by atoms with Crippen LogP contribution in [-0.2, 0) is 11.2 Å². The number of H-pyrrole nitrogens is 1. The van der Waals surface area contributed by atoms with Gasteiger partial charge in [0, 0.05) is 0 Å². The van der Waals surface area contributed by atoms with Crippen molar-refractivity contribution in [2.45, 2.75) is 20.3 Å². The van der Waals surface area contributed by atoms with Crippen molar-refractivity contribution in [3.63, 3.8) is 0 Å². The van der Waals surface area contributed by atoms with E-state index in [0.717, 1.165) is 0 Å². The molecule has 4 nitrogen and oxygen atoms in total. The summed E-state index contributed by atoms with van der Waals surface area (Å²) in [5.41, 5.74) is 0.0572. The summed E-state index contributed by atoms with van der Waals surface area (Å²) >= 11 is 0. The SMILES string of the molecule is CCOC(=O)c1n[nH]c(CC)c1F. The lowest BCUT2D eigenvalue weighted by Gasteiger charge is -1.96. The van der Waals surface area contributed by atoms with Crippen molar-refractivity contribution in [2.24, 2.45) is 0 Å². The van der Waals surface area contributed by atoms with Crippen molar-refractivity contribution in [3.05, 3.63) is 17.2 Å². The number of aromatic amines is 1. The van der Waals surface area contributed by atoms with Crippen LogP contribution in [-0.4, -0.2) is 22.8 Å². The molecular formula is C8H11FN2O2. The molecule has 0 saturated heterocycles. The van der Waals surface area contributed by atoms with E-state index in [1.807, 2.05) is 0 Å². The van der Waals surface area contributed by atoms with Gasteiger partial charge in [-0.15, -0.1) is 0 Å². The lowest BCUT2D eigenvalue weighted by Crippen LogP contribution is -2.07. The van der Waals surface area contributed by atoms with Crippen LogP contribution in [0.3, 0.4) is 0 Å². The van der Waals surface area contributed by atoms with Crippen LogP contribution in [0.25, 0.3) is 0 Å². The van der Waals surface area contributed by atoms with E-state index in [1.165, 1.54) is 0 Å². The molecule has 0 aliphatic rings. The molecule has 1 aromatic heterocycles. The molecule has 72 valence electrons. The van der Waals surface area contributed by atoms with E-state index in [1.54, 1.807) is 13.8 Å². The highest BCUT2D eigenvalue weighted by Crippen LogP contribution is 2.10. The van der Waals surface area contributed by atoms with E-state index in [9.17, 15) is 9.18 Å². The highest BCUT2D eigenvalue weighted by atomic mass is 19.1. The monoisotopic (exact) mass is 186 g/mol. The second kappa shape index (κ2) is 4.02. The average molecular weight is 186 g/mol. The number of carbonyl (C=O) groups excluding carboxylic acids is 1. The van der Waals surface area contributed by atoms with Crippen molar-refractivity contribution in [3.8, 4) is 0 Å². The topological polar surface area (TPSA) is 55.0 Å². The Balaban J connectivity index is 2.89. The van der Waals surface area contributed by atoms with E-state index in [0.29, 0.717) is 12.1 Å². The third-order valence-electron chi connectivity index (χ3n) is 1.60. The van der Waals surface area contributed by atoms with Crippen molar-refractivity contribution in [1.82, 2.24) is 10.2 Å². The molecule has 1 aromatic rings. The molecule has 1 N–H and O–H groups in total. The molecule has 1 heterocycles. The van der Waals surface area contributed by atoms with Crippen LogP contribution >= 0.6 is 0 Å². The number of hydrogen-bond donors (Lipinski definition) is 1. The largest absolute Gasteiger partial charge is 0.461 e. The third-order valence-corrected chi connectivity index (χ3v) is 1.60. The van der Waals surface area contributed by atoms with Gasteiger partial charge in [-0.05, 0) is 13.3 Å². The predicted molar refractivity (Wildman–Crippen MR) is 43.9 cm³/mol. The minimum atomic E-state index is -0.726. The van der Waals surface area contributed by atoms with Gasteiger partial charge in [-0.2, -0.15) is 5.10 Å². The Morgan fingerprint density at radius 3 is 2.77 bits per heavy atom. The Morgan fingerprint density at radius 2 is 2.31 bits per heavy atom. The van der Waals surface area contributed by atoms with E-state index in [4.69, 9.17) is 0 Å². The summed E-state index contributed by atoms with van der Waals surface area (Å²) in [4.78, 5) is 11.1. The van der Waals surface area contributed by atoms with E-state index >= 15 is 0 Å². The summed E-state index contributed by atoms with van der Waals surface area (Å²) in [5, 5.41) is 5.97. The zero-order valence-electron chi connectivity index (χ0n) is 7.56. The van der Waals surface area contributed by atoms with Crippen LogP contribution in [0.2, 0.25) is 0 Å². The first-order valence-corrected chi connectivity index (χ1v) is 4.10. The highest BCUT2D eigenvalue weighted by Gasteiger charge is 2.19. The van der Waals surface area contributed by atoms with Crippen molar-refractivity contribution >= 4 is 5.97 Å². The fourth-order valence-electron chi connectivity index (χ4n) is 0.933. The van der Waals surface area contributed by atoms with E-state index in [2.05, 4.69) is 14.9 Å². The van der Waals surface area contributed by atoms with Gasteiger partial charge in [-0.25, -0.2) is 9.18 Å². The third kappa shape index (κ3) is 1.85. The number of aromatic nitrogens is 2. The van der Waals surface area contributed by atoms with Crippen LogP contribution in [0, 0.1) is 5.82 Å². The molecule has 0 unspecified atom stereocenters. The molecule has 0 atom stereocenters. The number of rotatable bonds is 3. The standard InChI is InChI=1S/C8H11FN2O2/c1-3-5-6(9)7(11-10-5)8(12)13-4-2/h3-4H2,1-2H3,(H,10,11). The van der Waals surface area contributed by atoms with Gasteiger partial charge in [0.1, 0.15) is 0 Å². The zero-order valence-corrected chi connectivity index (χ0v) is 7.56.